The number of carbonyl (C=O) groups excluding carboxylic acids is 2. The number of hydrogen-bond donors (Lipinski definition) is 1. The smallest absolute Gasteiger partial charge is 0.274 e. The van der Waals surface area contributed by atoms with Crippen molar-refractivity contribution in [2.75, 3.05) is 16.5 Å². The van der Waals surface area contributed by atoms with E-state index in [4.69, 9.17) is 5.73 Å². The van der Waals surface area contributed by atoms with Crippen molar-refractivity contribution in [2.24, 2.45) is 10.8 Å². The highest BCUT2D eigenvalue weighted by atomic mass is 16.2. The summed E-state index contributed by atoms with van der Waals surface area (Å²) in [6.45, 7) is 4.06. The lowest BCUT2D eigenvalue weighted by Gasteiger charge is -2.20. The molecular weight excluding hydrogens is 328 g/mol. The first-order chi connectivity index (χ1) is 12.6. The van der Waals surface area contributed by atoms with Crippen LogP contribution in [-0.4, -0.2) is 30.1 Å². The quantitative estimate of drug-likeness (QED) is 0.814. The van der Waals surface area contributed by atoms with Crippen molar-refractivity contribution in [2.45, 2.75) is 12.5 Å². The first-order valence-electron chi connectivity index (χ1n) is 8.30. The number of hydrogen-bond acceptors (Lipinski definition) is 4. The second-order valence-electron chi connectivity index (χ2n) is 5.89. The number of primary amides is 1. The molecule has 2 aromatic rings. The minimum atomic E-state index is -0.683. The topological polar surface area (TPSA) is 79.0 Å². The standard InChI is InChI=1S/C20H20N4O2/c1-2-13-23(15-9-5-3-6-10-15)20(26)17-14-18(19(21)25)24(22-17)16-11-7-4-8-12-16/h2-12,18H,1,13-14H2,(H2,21,25). The number of nitrogens with zero attached hydrogens (tertiary/aromatic N) is 3. The number of nitrogens with two attached hydrogens (primary N) is 1. The Balaban J connectivity index is 1.93. The molecule has 1 aliphatic heterocycles. The SMILES string of the molecule is C=CCN(C(=O)C1=NN(c2ccccc2)C(C(N)=O)C1)c1ccccc1. The molecule has 0 fully saturated rings. The molecule has 1 aliphatic rings. The normalized spacial score (nSPS) is 16.1. The molecule has 2 N–H and O–H groups in total. The first-order valence-corrected chi connectivity index (χ1v) is 8.30. The second kappa shape index (κ2) is 7.65. The van der Waals surface area contributed by atoms with Gasteiger partial charge >= 0.3 is 0 Å². The Hall–Kier alpha value is -3.41. The lowest BCUT2D eigenvalue weighted by Crippen LogP contribution is -2.40. The summed E-state index contributed by atoms with van der Waals surface area (Å²) in [6, 6.07) is 17.8. The first kappa shape index (κ1) is 17.4. The van der Waals surface area contributed by atoms with Gasteiger partial charge in [0.25, 0.3) is 5.91 Å². The van der Waals surface area contributed by atoms with Crippen molar-refractivity contribution in [1.29, 1.82) is 0 Å². The maximum Gasteiger partial charge on any atom is 0.274 e. The summed E-state index contributed by atoms with van der Waals surface area (Å²) in [5.74, 6) is -0.781. The molecule has 6 heteroatoms. The zero-order valence-electron chi connectivity index (χ0n) is 14.3. The van der Waals surface area contributed by atoms with Gasteiger partial charge in [0.1, 0.15) is 11.8 Å². The van der Waals surface area contributed by atoms with Crippen LogP contribution in [0.4, 0.5) is 11.4 Å². The number of amides is 2. The Labute approximate surface area is 152 Å². The fraction of sp³-hybridized carbons (Fsp3) is 0.150. The highest BCUT2D eigenvalue weighted by molar-refractivity contribution is 6.45. The van der Waals surface area contributed by atoms with Gasteiger partial charge in [0, 0.05) is 18.7 Å². The predicted octanol–water partition coefficient (Wildman–Crippen LogP) is 2.33. The van der Waals surface area contributed by atoms with Crippen LogP contribution in [0.3, 0.4) is 0 Å². The Kier molecular flexibility index (Phi) is 5.12. The monoisotopic (exact) mass is 348 g/mol. The maximum absolute atomic E-state index is 13.0. The molecule has 0 spiro atoms. The van der Waals surface area contributed by atoms with Gasteiger partial charge in [0.15, 0.2) is 0 Å². The lowest BCUT2D eigenvalue weighted by molar-refractivity contribution is -0.119. The molecular formula is C20H20N4O2. The summed E-state index contributed by atoms with van der Waals surface area (Å²) in [7, 11) is 0. The van der Waals surface area contributed by atoms with Crippen LogP contribution in [0.5, 0.6) is 0 Å². The van der Waals surface area contributed by atoms with Gasteiger partial charge in [-0.2, -0.15) is 5.10 Å². The molecule has 0 radical (unpaired) electrons. The number of rotatable bonds is 6. The fourth-order valence-corrected chi connectivity index (χ4v) is 2.88. The zero-order valence-corrected chi connectivity index (χ0v) is 14.3. The van der Waals surface area contributed by atoms with Crippen LogP contribution in [0.2, 0.25) is 0 Å². The maximum atomic E-state index is 13.0. The van der Waals surface area contributed by atoms with E-state index in [2.05, 4.69) is 11.7 Å². The zero-order chi connectivity index (χ0) is 18.5. The minimum Gasteiger partial charge on any atom is -0.368 e. The third-order valence-corrected chi connectivity index (χ3v) is 4.13. The van der Waals surface area contributed by atoms with Gasteiger partial charge in [0.2, 0.25) is 5.91 Å². The van der Waals surface area contributed by atoms with Crippen LogP contribution in [-0.2, 0) is 9.59 Å². The van der Waals surface area contributed by atoms with Gasteiger partial charge in [-0.1, -0.05) is 42.5 Å². The Morgan fingerprint density at radius 2 is 1.77 bits per heavy atom. The number of benzene rings is 2. The Morgan fingerprint density at radius 1 is 1.15 bits per heavy atom. The molecule has 6 nitrogen and oxygen atoms in total. The van der Waals surface area contributed by atoms with E-state index in [-0.39, 0.29) is 12.3 Å². The van der Waals surface area contributed by atoms with Crippen LogP contribution in [0.15, 0.2) is 78.4 Å². The molecule has 0 saturated carbocycles. The third-order valence-electron chi connectivity index (χ3n) is 4.13. The minimum absolute atomic E-state index is 0.170. The van der Waals surface area contributed by atoms with Crippen LogP contribution < -0.4 is 15.6 Å². The van der Waals surface area contributed by atoms with Crippen molar-refractivity contribution in [3.63, 3.8) is 0 Å². The molecule has 0 aliphatic carbocycles. The van der Waals surface area contributed by atoms with E-state index >= 15 is 0 Å². The van der Waals surface area contributed by atoms with Gasteiger partial charge in [-0.15, -0.1) is 6.58 Å². The van der Waals surface area contributed by atoms with Crippen LogP contribution >= 0.6 is 0 Å². The number of hydrazone groups is 1. The molecule has 1 heterocycles. The Morgan fingerprint density at radius 3 is 2.35 bits per heavy atom. The van der Waals surface area contributed by atoms with Crippen LogP contribution in [0, 0.1) is 0 Å². The van der Waals surface area contributed by atoms with Crippen molar-refractivity contribution >= 4 is 28.9 Å². The van der Waals surface area contributed by atoms with Crippen molar-refractivity contribution < 1.29 is 9.59 Å². The number of carbonyl (C=O) groups is 2. The highest BCUT2D eigenvalue weighted by Gasteiger charge is 2.36. The predicted molar refractivity (Wildman–Crippen MR) is 103 cm³/mol. The molecule has 0 saturated heterocycles. The number of anilines is 2. The molecule has 132 valence electrons. The Bertz CT molecular complexity index is 833. The van der Waals surface area contributed by atoms with E-state index in [1.165, 1.54) is 5.01 Å². The average molecular weight is 348 g/mol. The molecule has 0 bridgehead atoms. The van der Waals surface area contributed by atoms with Crippen LogP contribution in [0.25, 0.3) is 0 Å². The molecule has 0 aromatic heterocycles. The van der Waals surface area contributed by atoms with E-state index in [0.717, 1.165) is 5.69 Å². The molecule has 2 aromatic carbocycles. The van der Waals surface area contributed by atoms with E-state index in [9.17, 15) is 9.59 Å². The van der Waals surface area contributed by atoms with Crippen molar-refractivity contribution in [1.82, 2.24) is 0 Å². The van der Waals surface area contributed by atoms with E-state index in [0.29, 0.717) is 17.9 Å². The summed E-state index contributed by atoms with van der Waals surface area (Å²) >= 11 is 0. The molecule has 1 atom stereocenters. The largest absolute Gasteiger partial charge is 0.368 e. The third kappa shape index (κ3) is 3.49. The second-order valence-corrected chi connectivity index (χ2v) is 5.89. The van der Waals surface area contributed by atoms with Gasteiger partial charge in [-0.05, 0) is 24.3 Å². The highest BCUT2D eigenvalue weighted by Crippen LogP contribution is 2.26. The van der Waals surface area contributed by atoms with Gasteiger partial charge in [0.05, 0.1) is 5.69 Å². The van der Waals surface area contributed by atoms with Crippen LogP contribution in [0.1, 0.15) is 6.42 Å². The van der Waals surface area contributed by atoms with Gasteiger partial charge < -0.3 is 10.6 Å². The molecule has 3 rings (SSSR count). The summed E-state index contributed by atoms with van der Waals surface area (Å²) in [6.07, 6.45) is 1.82. The summed E-state index contributed by atoms with van der Waals surface area (Å²) < 4.78 is 0. The molecule has 1 unspecified atom stereocenters. The van der Waals surface area contributed by atoms with E-state index in [1.807, 2.05) is 60.7 Å². The van der Waals surface area contributed by atoms with E-state index in [1.54, 1.807) is 11.0 Å². The average Bonchev–Trinajstić information content (AvgIpc) is 3.13. The summed E-state index contributed by atoms with van der Waals surface area (Å²) in [5, 5.41) is 5.93. The summed E-state index contributed by atoms with van der Waals surface area (Å²) in [4.78, 5) is 26.5. The molecule has 2 amide bonds. The van der Waals surface area contributed by atoms with Crippen molar-refractivity contribution in [3.05, 3.63) is 73.3 Å². The fourth-order valence-electron chi connectivity index (χ4n) is 2.88. The van der Waals surface area contributed by atoms with Gasteiger partial charge in [-0.25, -0.2) is 0 Å². The number of para-hydroxylation sites is 2. The lowest BCUT2D eigenvalue weighted by atomic mass is 10.1. The van der Waals surface area contributed by atoms with E-state index < -0.39 is 11.9 Å². The van der Waals surface area contributed by atoms with Crippen molar-refractivity contribution in [3.8, 4) is 0 Å². The van der Waals surface area contributed by atoms with Gasteiger partial charge in [-0.3, -0.25) is 14.6 Å². The molecule has 26 heavy (non-hydrogen) atoms. The summed E-state index contributed by atoms with van der Waals surface area (Å²) in [5.41, 5.74) is 7.29.